The Labute approximate surface area is 217 Å². The lowest BCUT2D eigenvalue weighted by molar-refractivity contribution is -0.143. The molecule has 3 aromatic rings. The van der Waals surface area contributed by atoms with E-state index in [2.05, 4.69) is 25.3 Å². The van der Waals surface area contributed by atoms with Crippen molar-refractivity contribution < 1.29 is 33.3 Å². The lowest BCUT2D eigenvalue weighted by Crippen LogP contribution is -2.43. The molecule has 2 aromatic heterocycles. The number of methoxy groups -OCH3 is 2. The van der Waals surface area contributed by atoms with Gasteiger partial charge in [0.15, 0.2) is 6.04 Å². The van der Waals surface area contributed by atoms with Crippen LogP contribution >= 0.6 is 11.3 Å². The number of hydrogen-bond donors (Lipinski definition) is 3. The third-order valence-electron chi connectivity index (χ3n) is 6.35. The predicted molar refractivity (Wildman–Crippen MR) is 136 cm³/mol. The van der Waals surface area contributed by atoms with Crippen molar-refractivity contribution in [2.24, 2.45) is 0 Å². The van der Waals surface area contributed by atoms with Crippen molar-refractivity contribution in [2.75, 3.05) is 26.1 Å². The summed E-state index contributed by atoms with van der Waals surface area (Å²) in [6.45, 7) is 1.14. The number of aromatic nitrogens is 2. The summed E-state index contributed by atoms with van der Waals surface area (Å²) in [5.74, 6) is -0.940. The molecule has 1 unspecified atom stereocenters. The number of halogens is 1. The van der Waals surface area contributed by atoms with Gasteiger partial charge in [-0.3, -0.25) is 4.79 Å². The number of benzene rings is 1. The molecule has 1 aromatic carbocycles. The molecule has 0 spiro atoms. The summed E-state index contributed by atoms with van der Waals surface area (Å²) in [4.78, 5) is 34.2. The van der Waals surface area contributed by atoms with Gasteiger partial charge in [0.1, 0.15) is 28.5 Å². The van der Waals surface area contributed by atoms with Crippen LogP contribution in [0.15, 0.2) is 24.5 Å². The zero-order valence-corrected chi connectivity index (χ0v) is 21.6. The second-order valence-electron chi connectivity index (χ2n) is 8.71. The van der Waals surface area contributed by atoms with Crippen LogP contribution in [0, 0.1) is 12.7 Å². The smallest absolute Gasteiger partial charge is 0.330 e. The van der Waals surface area contributed by atoms with Gasteiger partial charge >= 0.3 is 5.97 Å². The van der Waals surface area contributed by atoms with Crippen LogP contribution in [0.3, 0.4) is 0 Å². The second-order valence-corrected chi connectivity index (χ2v) is 9.71. The highest BCUT2D eigenvalue weighted by atomic mass is 32.1. The minimum atomic E-state index is -1.19. The van der Waals surface area contributed by atoms with Gasteiger partial charge in [0, 0.05) is 13.2 Å². The molecule has 12 heteroatoms. The summed E-state index contributed by atoms with van der Waals surface area (Å²) in [6.07, 6.45) is 4.86. The van der Waals surface area contributed by atoms with E-state index in [-0.39, 0.29) is 12.2 Å². The highest BCUT2D eigenvalue weighted by Crippen LogP contribution is 2.37. The maximum atomic E-state index is 14.1. The molecule has 0 aliphatic heterocycles. The third kappa shape index (κ3) is 5.97. The average Bonchev–Trinajstić information content (AvgIpc) is 3.26. The summed E-state index contributed by atoms with van der Waals surface area (Å²) in [7, 11) is 2.88. The van der Waals surface area contributed by atoms with Gasteiger partial charge in [-0.05, 0) is 50.3 Å². The van der Waals surface area contributed by atoms with Crippen LogP contribution in [0.1, 0.15) is 40.9 Å². The van der Waals surface area contributed by atoms with Crippen molar-refractivity contribution in [3.63, 3.8) is 0 Å². The molecule has 0 bridgehead atoms. The molecule has 4 rings (SSSR count). The number of aryl methyl sites for hydroxylation is 1. The number of aliphatic hydroxyl groups is 1. The summed E-state index contributed by atoms with van der Waals surface area (Å²) in [6, 6.07) is 3.06. The van der Waals surface area contributed by atoms with Gasteiger partial charge in [-0.15, -0.1) is 11.3 Å². The topological polar surface area (TPSA) is 132 Å². The molecule has 1 aliphatic carbocycles. The summed E-state index contributed by atoms with van der Waals surface area (Å²) in [5, 5.41) is 15.7. The quantitative estimate of drug-likeness (QED) is 0.354. The fraction of sp³-hybridized carbons (Fsp3) is 0.440. The van der Waals surface area contributed by atoms with E-state index in [1.54, 1.807) is 20.1 Å². The van der Waals surface area contributed by atoms with Crippen LogP contribution < -0.4 is 15.4 Å². The molecular weight excluding hydrogens is 503 g/mol. The molecule has 1 amide bonds. The molecule has 10 nitrogen and oxygen atoms in total. The molecule has 1 saturated carbocycles. The van der Waals surface area contributed by atoms with E-state index in [1.165, 1.54) is 25.6 Å². The van der Waals surface area contributed by atoms with Crippen molar-refractivity contribution in [1.29, 1.82) is 0 Å². The molecule has 37 heavy (non-hydrogen) atoms. The van der Waals surface area contributed by atoms with E-state index in [1.807, 2.05) is 0 Å². The van der Waals surface area contributed by atoms with E-state index in [0.29, 0.717) is 37.9 Å². The summed E-state index contributed by atoms with van der Waals surface area (Å²) >= 11 is 1.13. The van der Waals surface area contributed by atoms with Gasteiger partial charge in [0.2, 0.25) is 0 Å². The molecule has 3 N–H and O–H groups in total. The Balaban J connectivity index is 1.60. The van der Waals surface area contributed by atoms with Crippen molar-refractivity contribution in [2.45, 2.75) is 50.9 Å². The number of esters is 1. The number of rotatable bonds is 9. The number of aliphatic hydroxyl groups excluding tert-OH is 1. The normalized spacial score (nSPS) is 18.3. The van der Waals surface area contributed by atoms with E-state index >= 15 is 0 Å². The number of carbonyl (C=O) groups excluding carboxylic acids is 2. The SMILES string of the molecule is COC(=O)C(CO)NC(=O)c1sc2ncnc(Nc3ccc(F)cc3OC3CCC(OC)CC3)c2c1C. The molecule has 2 heterocycles. The third-order valence-corrected chi connectivity index (χ3v) is 7.55. The number of amides is 1. The standard InChI is InChI=1S/C25H29FN4O6S/c1-13-20-22(27-12-28-24(20)37-21(13)23(32)30-18(11-31)25(33)35-3)29-17-9-4-14(26)10-19(17)36-16-7-5-15(34-2)6-8-16/h4,9-10,12,15-16,18,31H,5-8,11H2,1-3H3,(H,30,32)(H,27,28,29). The number of carbonyl (C=O) groups is 2. The maximum Gasteiger partial charge on any atom is 0.330 e. The number of nitrogens with one attached hydrogen (secondary N) is 2. The highest BCUT2D eigenvalue weighted by Gasteiger charge is 2.26. The predicted octanol–water partition coefficient (Wildman–Crippen LogP) is 3.48. The minimum absolute atomic E-state index is 0.0633. The van der Waals surface area contributed by atoms with Crippen molar-refractivity contribution >= 4 is 44.9 Å². The van der Waals surface area contributed by atoms with E-state index in [9.17, 15) is 19.1 Å². The maximum absolute atomic E-state index is 14.1. The van der Waals surface area contributed by atoms with Crippen LogP contribution in [-0.4, -0.2) is 66.0 Å². The Morgan fingerprint density at radius 1 is 1.19 bits per heavy atom. The summed E-state index contributed by atoms with van der Waals surface area (Å²) < 4.78 is 30.3. The first-order chi connectivity index (χ1) is 17.8. The Hall–Kier alpha value is -3.35. The molecule has 1 fully saturated rings. The zero-order valence-electron chi connectivity index (χ0n) is 20.7. The lowest BCUT2D eigenvalue weighted by atomic mass is 9.95. The number of fused-ring (bicyclic) bond motifs is 1. The molecule has 1 atom stereocenters. The van der Waals surface area contributed by atoms with Gasteiger partial charge in [-0.2, -0.15) is 0 Å². The van der Waals surface area contributed by atoms with Gasteiger partial charge in [-0.1, -0.05) is 0 Å². The second kappa shape index (κ2) is 11.8. The van der Waals surface area contributed by atoms with Crippen LogP contribution in [0.4, 0.5) is 15.9 Å². The highest BCUT2D eigenvalue weighted by molar-refractivity contribution is 7.20. The number of anilines is 2. The van der Waals surface area contributed by atoms with Gasteiger partial charge in [-0.25, -0.2) is 19.2 Å². The molecular formula is C25H29FN4O6S. The zero-order chi connectivity index (χ0) is 26.5. The number of thiophene rings is 1. The largest absolute Gasteiger partial charge is 0.488 e. The Kier molecular flexibility index (Phi) is 8.52. The fourth-order valence-electron chi connectivity index (χ4n) is 4.32. The Morgan fingerprint density at radius 2 is 1.92 bits per heavy atom. The fourth-order valence-corrected chi connectivity index (χ4v) is 5.37. The molecule has 198 valence electrons. The van der Waals surface area contributed by atoms with Gasteiger partial charge < -0.3 is 30.0 Å². The number of ether oxygens (including phenoxy) is 3. The summed E-state index contributed by atoms with van der Waals surface area (Å²) in [5.41, 5.74) is 1.11. The van der Waals surface area contributed by atoms with Crippen molar-refractivity contribution in [1.82, 2.24) is 15.3 Å². The van der Waals surface area contributed by atoms with Crippen molar-refractivity contribution in [3.8, 4) is 5.75 Å². The van der Waals surface area contributed by atoms with Crippen molar-refractivity contribution in [3.05, 3.63) is 40.8 Å². The average molecular weight is 533 g/mol. The monoisotopic (exact) mass is 532 g/mol. The van der Waals surface area contributed by atoms with Crippen LogP contribution in [0.5, 0.6) is 5.75 Å². The number of hydrogen-bond acceptors (Lipinski definition) is 10. The first kappa shape index (κ1) is 26.7. The number of nitrogens with zero attached hydrogens (tertiary/aromatic N) is 2. The van der Waals surface area contributed by atoms with Crippen LogP contribution in [0.25, 0.3) is 10.2 Å². The molecule has 0 radical (unpaired) electrons. The Bertz CT molecular complexity index is 1280. The minimum Gasteiger partial charge on any atom is -0.488 e. The Morgan fingerprint density at radius 3 is 2.59 bits per heavy atom. The van der Waals surface area contributed by atoms with E-state index < -0.39 is 30.3 Å². The van der Waals surface area contributed by atoms with Crippen LogP contribution in [-0.2, 0) is 14.3 Å². The first-order valence-electron chi connectivity index (χ1n) is 11.8. The van der Waals surface area contributed by atoms with E-state index in [0.717, 1.165) is 37.0 Å². The van der Waals surface area contributed by atoms with Gasteiger partial charge in [0.05, 0.1) is 41.9 Å². The molecule has 1 aliphatic rings. The lowest BCUT2D eigenvalue weighted by Gasteiger charge is -2.28. The first-order valence-corrected chi connectivity index (χ1v) is 12.7. The van der Waals surface area contributed by atoms with Gasteiger partial charge in [0.25, 0.3) is 5.91 Å². The van der Waals surface area contributed by atoms with E-state index in [4.69, 9.17) is 9.47 Å². The van der Waals surface area contributed by atoms with Crippen LogP contribution in [0.2, 0.25) is 0 Å². The molecule has 0 saturated heterocycles.